The highest BCUT2D eigenvalue weighted by Crippen LogP contribution is 2.35. The molecule has 2 atom stereocenters. The third-order valence-corrected chi connectivity index (χ3v) is 3.90. The summed E-state index contributed by atoms with van der Waals surface area (Å²) in [6, 6.07) is 4.17. The molecule has 0 radical (unpaired) electrons. The van der Waals surface area contributed by atoms with Gasteiger partial charge in [-0.2, -0.15) is 0 Å². The molecule has 0 aliphatic carbocycles. The Morgan fingerprint density at radius 3 is 2.68 bits per heavy atom. The molecule has 0 amide bonds. The Morgan fingerprint density at radius 2 is 2.11 bits per heavy atom. The number of aliphatic imine (C=N–C) groups is 1. The van der Waals surface area contributed by atoms with Crippen molar-refractivity contribution in [3.05, 3.63) is 35.4 Å². The summed E-state index contributed by atoms with van der Waals surface area (Å²) >= 11 is 0. The number of hydrogen-bond donors (Lipinski definition) is 1. The van der Waals surface area contributed by atoms with Gasteiger partial charge in [-0.15, -0.1) is 0 Å². The lowest BCUT2D eigenvalue weighted by Gasteiger charge is -2.40. The highest BCUT2D eigenvalue weighted by atomic mass is 19.2. The zero-order chi connectivity index (χ0) is 14.2. The molecule has 1 aliphatic heterocycles. The van der Waals surface area contributed by atoms with Crippen molar-refractivity contribution in [3.8, 4) is 0 Å². The molecule has 2 unspecified atom stereocenters. The van der Waals surface area contributed by atoms with Crippen molar-refractivity contribution >= 4 is 5.96 Å². The van der Waals surface area contributed by atoms with Gasteiger partial charge in [-0.1, -0.05) is 13.0 Å². The maximum absolute atomic E-state index is 13.4. The molecule has 104 valence electrons. The Hall–Kier alpha value is -1.65. The molecule has 3 nitrogen and oxygen atoms in total. The third-order valence-electron chi connectivity index (χ3n) is 3.90. The van der Waals surface area contributed by atoms with E-state index >= 15 is 0 Å². The van der Waals surface area contributed by atoms with Gasteiger partial charge in [0.2, 0.25) is 0 Å². The quantitative estimate of drug-likeness (QED) is 0.914. The van der Waals surface area contributed by atoms with Crippen molar-refractivity contribution in [3.63, 3.8) is 0 Å². The van der Waals surface area contributed by atoms with E-state index in [0.717, 1.165) is 12.5 Å². The second kappa shape index (κ2) is 4.79. The van der Waals surface area contributed by atoms with Gasteiger partial charge in [-0.05, 0) is 38.0 Å². The van der Waals surface area contributed by atoms with Crippen LogP contribution in [0.2, 0.25) is 0 Å². The molecule has 0 saturated heterocycles. The van der Waals surface area contributed by atoms with Crippen LogP contribution < -0.4 is 5.73 Å². The second-order valence-corrected chi connectivity index (χ2v) is 5.20. The Labute approximate surface area is 112 Å². The van der Waals surface area contributed by atoms with E-state index in [1.54, 1.807) is 6.07 Å². The molecule has 1 aromatic carbocycles. The van der Waals surface area contributed by atoms with Crippen LogP contribution in [0.1, 0.15) is 32.8 Å². The second-order valence-electron chi connectivity index (χ2n) is 5.20. The first-order chi connectivity index (χ1) is 8.90. The van der Waals surface area contributed by atoms with Gasteiger partial charge in [-0.3, -0.25) is 4.99 Å². The fraction of sp³-hybridized carbons (Fsp3) is 0.500. The van der Waals surface area contributed by atoms with Crippen molar-refractivity contribution in [2.24, 2.45) is 10.7 Å². The number of nitrogens with two attached hydrogens (primary N) is 1. The zero-order valence-corrected chi connectivity index (χ0v) is 11.5. The molecule has 1 heterocycles. The molecule has 19 heavy (non-hydrogen) atoms. The van der Waals surface area contributed by atoms with Crippen LogP contribution in [0.3, 0.4) is 0 Å². The fourth-order valence-corrected chi connectivity index (χ4v) is 2.60. The highest BCUT2D eigenvalue weighted by molar-refractivity contribution is 5.81. The van der Waals surface area contributed by atoms with Crippen LogP contribution in [-0.2, 0) is 5.54 Å². The van der Waals surface area contributed by atoms with Crippen molar-refractivity contribution < 1.29 is 8.78 Å². The van der Waals surface area contributed by atoms with E-state index in [0.29, 0.717) is 18.1 Å². The number of benzene rings is 1. The van der Waals surface area contributed by atoms with Crippen LogP contribution in [0.25, 0.3) is 0 Å². The molecular weight excluding hydrogens is 248 g/mol. The Balaban J connectivity index is 2.43. The Morgan fingerprint density at radius 1 is 1.42 bits per heavy atom. The van der Waals surface area contributed by atoms with Crippen molar-refractivity contribution in [2.45, 2.75) is 38.8 Å². The minimum absolute atomic E-state index is 0.185. The first-order valence-corrected chi connectivity index (χ1v) is 6.45. The Kier molecular flexibility index (Phi) is 3.47. The summed E-state index contributed by atoms with van der Waals surface area (Å²) < 4.78 is 26.5. The third kappa shape index (κ3) is 2.17. The molecular formula is C14H19F2N3. The summed E-state index contributed by atoms with van der Waals surface area (Å²) in [5.74, 6) is -1.22. The van der Waals surface area contributed by atoms with Gasteiger partial charge in [0, 0.05) is 6.04 Å². The average molecular weight is 267 g/mol. The predicted molar refractivity (Wildman–Crippen MR) is 71.8 cm³/mol. The van der Waals surface area contributed by atoms with Gasteiger partial charge in [-0.25, -0.2) is 8.78 Å². The summed E-state index contributed by atoms with van der Waals surface area (Å²) in [4.78, 5) is 6.26. The molecule has 0 fully saturated rings. The van der Waals surface area contributed by atoms with Crippen LogP contribution in [0.15, 0.2) is 23.2 Å². The smallest absolute Gasteiger partial charge is 0.192 e. The maximum Gasteiger partial charge on any atom is 0.192 e. The number of hydrogen-bond acceptors (Lipinski definition) is 3. The van der Waals surface area contributed by atoms with Crippen molar-refractivity contribution in [1.82, 2.24) is 4.90 Å². The predicted octanol–water partition coefficient (Wildman–Crippen LogP) is 2.61. The normalized spacial score (nSPS) is 24.5. The summed E-state index contributed by atoms with van der Waals surface area (Å²) in [5, 5.41) is 0. The lowest BCUT2D eigenvalue weighted by Crippen LogP contribution is -2.51. The first-order valence-electron chi connectivity index (χ1n) is 6.45. The van der Waals surface area contributed by atoms with Gasteiger partial charge in [0.05, 0.1) is 12.1 Å². The molecule has 0 saturated carbocycles. The molecule has 2 rings (SSSR count). The van der Waals surface area contributed by atoms with E-state index in [1.165, 1.54) is 6.07 Å². The van der Waals surface area contributed by atoms with E-state index in [1.807, 2.05) is 18.7 Å². The highest BCUT2D eigenvalue weighted by Gasteiger charge is 2.41. The largest absolute Gasteiger partial charge is 0.370 e. The molecule has 0 aromatic heterocycles. The van der Waals surface area contributed by atoms with Crippen molar-refractivity contribution in [1.29, 1.82) is 0 Å². The van der Waals surface area contributed by atoms with E-state index in [9.17, 15) is 8.78 Å². The average Bonchev–Trinajstić information content (AvgIpc) is 2.69. The zero-order valence-electron chi connectivity index (χ0n) is 11.5. The van der Waals surface area contributed by atoms with E-state index in [4.69, 9.17) is 5.73 Å². The first kappa shape index (κ1) is 13.8. The van der Waals surface area contributed by atoms with Crippen molar-refractivity contribution in [2.75, 3.05) is 6.54 Å². The maximum atomic E-state index is 13.4. The molecule has 0 bridgehead atoms. The summed E-state index contributed by atoms with van der Waals surface area (Å²) in [7, 11) is 0. The Bertz CT molecular complexity index is 515. The molecule has 0 spiro atoms. The number of rotatable bonds is 3. The molecule has 2 N–H and O–H groups in total. The molecule has 1 aliphatic rings. The van der Waals surface area contributed by atoms with Crippen LogP contribution in [0.5, 0.6) is 0 Å². The molecule has 5 heteroatoms. The number of guanidine groups is 1. The minimum atomic E-state index is -0.840. The van der Waals surface area contributed by atoms with E-state index < -0.39 is 17.2 Å². The summed E-state index contributed by atoms with van der Waals surface area (Å²) in [5.41, 5.74) is 6.12. The standard InChI is InChI=1S/C14H19F2N3/c1-4-9(2)19-13(17)18-8-14(19,3)10-5-6-11(15)12(16)7-10/h5-7,9H,4,8H2,1-3H3,(H2,17,18). The summed E-state index contributed by atoms with van der Waals surface area (Å²) in [6.45, 7) is 6.51. The van der Waals surface area contributed by atoms with E-state index in [-0.39, 0.29) is 6.04 Å². The van der Waals surface area contributed by atoms with Gasteiger partial charge in [0.15, 0.2) is 17.6 Å². The van der Waals surface area contributed by atoms with Crippen LogP contribution in [-0.4, -0.2) is 23.4 Å². The lowest BCUT2D eigenvalue weighted by atomic mass is 9.89. The monoisotopic (exact) mass is 267 g/mol. The number of nitrogens with zero attached hydrogens (tertiary/aromatic N) is 2. The lowest BCUT2D eigenvalue weighted by molar-refractivity contribution is 0.171. The topological polar surface area (TPSA) is 41.6 Å². The van der Waals surface area contributed by atoms with Gasteiger partial charge < -0.3 is 10.6 Å². The van der Waals surface area contributed by atoms with E-state index in [2.05, 4.69) is 11.9 Å². The van der Waals surface area contributed by atoms with Crippen LogP contribution in [0.4, 0.5) is 8.78 Å². The van der Waals surface area contributed by atoms with Crippen LogP contribution >= 0.6 is 0 Å². The summed E-state index contributed by atoms with van der Waals surface area (Å²) in [6.07, 6.45) is 0.898. The SMILES string of the molecule is CCC(C)N1C(N)=NCC1(C)c1ccc(F)c(F)c1. The van der Waals surface area contributed by atoms with Crippen LogP contribution in [0, 0.1) is 11.6 Å². The molecule has 1 aromatic rings. The van der Waals surface area contributed by atoms with Gasteiger partial charge in [0.25, 0.3) is 0 Å². The van der Waals surface area contributed by atoms with Gasteiger partial charge >= 0.3 is 0 Å². The minimum Gasteiger partial charge on any atom is -0.370 e. The fourth-order valence-electron chi connectivity index (χ4n) is 2.60. The van der Waals surface area contributed by atoms with Gasteiger partial charge in [0.1, 0.15) is 0 Å². The number of halogens is 2.